The van der Waals surface area contributed by atoms with Gasteiger partial charge in [0.1, 0.15) is 5.75 Å². The summed E-state index contributed by atoms with van der Waals surface area (Å²) in [4.78, 5) is 14.2. The van der Waals surface area contributed by atoms with Gasteiger partial charge in [-0.2, -0.15) is 0 Å². The molecule has 4 aromatic carbocycles. The average Bonchev–Trinajstić information content (AvgIpc) is 2.78. The number of anilines is 5. The maximum Gasteiger partial charge on any atom is 0.417 e. The topological polar surface area (TPSA) is 67.6 Å². The van der Waals surface area contributed by atoms with E-state index in [-0.39, 0.29) is 0 Å². The molecule has 148 valence electrons. The van der Waals surface area contributed by atoms with E-state index >= 15 is 0 Å². The Kier molecular flexibility index (Phi) is 5.62. The Morgan fingerprint density at radius 1 is 0.667 bits per heavy atom. The first kappa shape index (κ1) is 19.1. The zero-order valence-electron chi connectivity index (χ0n) is 16.2. The van der Waals surface area contributed by atoms with Crippen LogP contribution in [-0.2, 0) is 0 Å². The molecular weight excluding hydrogens is 374 g/mol. The maximum atomic E-state index is 12.1. The van der Waals surface area contributed by atoms with E-state index in [1.165, 1.54) is 0 Å². The van der Waals surface area contributed by atoms with Crippen LogP contribution in [-0.4, -0.2) is 6.09 Å². The number of nitrogen functional groups attached to an aromatic ring is 1. The van der Waals surface area contributed by atoms with Gasteiger partial charge in [-0.25, -0.2) is 4.79 Å². The molecule has 1 amide bonds. The van der Waals surface area contributed by atoms with E-state index in [4.69, 9.17) is 10.5 Å². The first-order valence-corrected chi connectivity index (χ1v) is 9.54. The molecule has 0 saturated heterocycles. The minimum absolute atomic E-state index is 0.491. The summed E-state index contributed by atoms with van der Waals surface area (Å²) in [5.41, 5.74) is 10.2. The molecule has 0 spiro atoms. The number of hydrogen-bond donors (Lipinski definition) is 2. The summed E-state index contributed by atoms with van der Waals surface area (Å²) in [5.74, 6) is 0.491. The van der Waals surface area contributed by atoms with Crippen LogP contribution < -0.4 is 20.7 Å². The number of nitrogens with two attached hydrogens (primary N) is 1. The number of para-hydroxylation sites is 2. The van der Waals surface area contributed by atoms with Gasteiger partial charge in [0, 0.05) is 28.4 Å². The summed E-state index contributed by atoms with van der Waals surface area (Å²) in [6.07, 6.45) is -0.535. The van der Waals surface area contributed by atoms with Crippen molar-refractivity contribution >= 4 is 34.5 Å². The van der Waals surface area contributed by atoms with Gasteiger partial charge in [0.25, 0.3) is 0 Å². The molecule has 0 aliphatic rings. The molecule has 0 fully saturated rings. The fraction of sp³-hybridized carbons (Fsp3) is 0. The van der Waals surface area contributed by atoms with Gasteiger partial charge >= 0.3 is 6.09 Å². The summed E-state index contributed by atoms with van der Waals surface area (Å²) in [5, 5.41) is 2.75. The fourth-order valence-corrected chi connectivity index (χ4v) is 3.08. The zero-order valence-corrected chi connectivity index (χ0v) is 16.2. The standard InChI is InChI=1S/C25H21N3O2/c26-19-11-15-22(16-12-19)28(21-7-3-1-4-8-21)23-17-13-20(14-18-23)27-25(29)30-24-9-5-2-6-10-24/h1-18H,26H2,(H,27,29). The summed E-state index contributed by atoms with van der Waals surface area (Å²) in [6, 6.07) is 34.3. The van der Waals surface area contributed by atoms with Crippen LogP contribution in [0.25, 0.3) is 0 Å². The van der Waals surface area contributed by atoms with Crippen LogP contribution in [0.4, 0.5) is 33.2 Å². The minimum atomic E-state index is -0.535. The zero-order chi connectivity index (χ0) is 20.8. The van der Waals surface area contributed by atoms with Crippen molar-refractivity contribution in [3.05, 3.63) is 109 Å². The number of hydrogen-bond acceptors (Lipinski definition) is 4. The normalized spacial score (nSPS) is 10.3. The lowest BCUT2D eigenvalue weighted by Crippen LogP contribution is -2.16. The van der Waals surface area contributed by atoms with E-state index in [0.717, 1.165) is 17.1 Å². The molecule has 4 rings (SSSR count). The average molecular weight is 395 g/mol. The quantitative estimate of drug-likeness (QED) is 0.386. The monoisotopic (exact) mass is 395 g/mol. The highest BCUT2D eigenvalue weighted by Gasteiger charge is 2.12. The first-order chi connectivity index (χ1) is 14.7. The molecule has 5 nitrogen and oxygen atoms in total. The first-order valence-electron chi connectivity index (χ1n) is 9.54. The summed E-state index contributed by atoms with van der Waals surface area (Å²) >= 11 is 0. The third-order valence-corrected chi connectivity index (χ3v) is 4.49. The molecule has 0 atom stereocenters. The number of amides is 1. The number of carbonyl (C=O) groups is 1. The van der Waals surface area contributed by atoms with Gasteiger partial charge in [-0.05, 0) is 72.8 Å². The molecule has 30 heavy (non-hydrogen) atoms. The van der Waals surface area contributed by atoms with Crippen LogP contribution in [0.2, 0.25) is 0 Å². The highest BCUT2D eigenvalue weighted by molar-refractivity contribution is 5.87. The Morgan fingerprint density at radius 3 is 1.77 bits per heavy atom. The summed E-state index contributed by atoms with van der Waals surface area (Å²) in [6.45, 7) is 0. The molecule has 0 saturated carbocycles. The number of carbonyl (C=O) groups excluding carboxylic acids is 1. The van der Waals surface area contributed by atoms with Crippen molar-refractivity contribution in [1.29, 1.82) is 0 Å². The lowest BCUT2D eigenvalue weighted by Gasteiger charge is -2.25. The SMILES string of the molecule is Nc1ccc(N(c2ccccc2)c2ccc(NC(=O)Oc3ccccc3)cc2)cc1. The van der Waals surface area contributed by atoms with E-state index in [0.29, 0.717) is 17.1 Å². The molecule has 0 heterocycles. The van der Waals surface area contributed by atoms with Crippen LogP contribution in [0.3, 0.4) is 0 Å². The molecule has 0 aromatic heterocycles. The van der Waals surface area contributed by atoms with Gasteiger partial charge in [-0.15, -0.1) is 0 Å². The smallest absolute Gasteiger partial charge is 0.410 e. The highest BCUT2D eigenvalue weighted by atomic mass is 16.6. The number of rotatable bonds is 5. The second kappa shape index (κ2) is 8.84. The van der Waals surface area contributed by atoms with Gasteiger partial charge in [0.05, 0.1) is 0 Å². The Balaban J connectivity index is 1.55. The van der Waals surface area contributed by atoms with Crippen molar-refractivity contribution in [2.24, 2.45) is 0 Å². The lowest BCUT2D eigenvalue weighted by atomic mass is 10.1. The van der Waals surface area contributed by atoms with Crippen LogP contribution >= 0.6 is 0 Å². The Labute approximate surface area is 175 Å². The molecule has 5 heteroatoms. The van der Waals surface area contributed by atoms with Crippen molar-refractivity contribution in [1.82, 2.24) is 0 Å². The largest absolute Gasteiger partial charge is 0.417 e. The van der Waals surface area contributed by atoms with Gasteiger partial charge in [0.15, 0.2) is 0 Å². The predicted molar refractivity (Wildman–Crippen MR) is 122 cm³/mol. The molecule has 0 aliphatic carbocycles. The van der Waals surface area contributed by atoms with Gasteiger partial charge in [-0.1, -0.05) is 36.4 Å². The van der Waals surface area contributed by atoms with Crippen molar-refractivity contribution in [3.63, 3.8) is 0 Å². The lowest BCUT2D eigenvalue weighted by molar-refractivity contribution is 0.215. The minimum Gasteiger partial charge on any atom is -0.410 e. The fourth-order valence-electron chi connectivity index (χ4n) is 3.08. The Bertz CT molecular complexity index is 1100. The third kappa shape index (κ3) is 4.59. The number of nitrogens with one attached hydrogen (secondary N) is 1. The van der Waals surface area contributed by atoms with Crippen molar-refractivity contribution in [3.8, 4) is 5.75 Å². The molecule has 0 radical (unpaired) electrons. The molecule has 0 unspecified atom stereocenters. The molecule has 0 bridgehead atoms. The number of nitrogens with zero attached hydrogens (tertiary/aromatic N) is 1. The Hall–Kier alpha value is -4.25. The molecule has 0 aliphatic heterocycles. The van der Waals surface area contributed by atoms with Gasteiger partial charge < -0.3 is 15.4 Å². The number of benzene rings is 4. The summed E-state index contributed by atoms with van der Waals surface area (Å²) in [7, 11) is 0. The van der Waals surface area contributed by atoms with Crippen LogP contribution in [0.15, 0.2) is 109 Å². The van der Waals surface area contributed by atoms with E-state index in [9.17, 15) is 4.79 Å². The van der Waals surface area contributed by atoms with E-state index in [2.05, 4.69) is 10.2 Å². The molecule has 4 aromatic rings. The summed E-state index contributed by atoms with van der Waals surface area (Å²) < 4.78 is 5.27. The van der Waals surface area contributed by atoms with E-state index < -0.39 is 6.09 Å². The second-order valence-corrected chi connectivity index (χ2v) is 6.64. The Morgan fingerprint density at radius 2 is 1.17 bits per heavy atom. The molecule has 3 N–H and O–H groups in total. The van der Waals surface area contributed by atoms with Crippen LogP contribution in [0.5, 0.6) is 5.75 Å². The van der Waals surface area contributed by atoms with Crippen molar-refractivity contribution < 1.29 is 9.53 Å². The second-order valence-electron chi connectivity index (χ2n) is 6.64. The van der Waals surface area contributed by atoms with E-state index in [1.807, 2.05) is 97.1 Å². The third-order valence-electron chi connectivity index (χ3n) is 4.49. The van der Waals surface area contributed by atoms with Crippen LogP contribution in [0, 0.1) is 0 Å². The van der Waals surface area contributed by atoms with Gasteiger partial charge in [-0.3, -0.25) is 5.32 Å². The van der Waals surface area contributed by atoms with Gasteiger partial charge in [0.2, 0.25) is 0 Å². The van der Waals surface area contributed by atoms with Crippen molar-refractivity contribution in [2.45, 2.75) is 0 Å². The molecular formula is C25H21N3O2. The van der Waals surface area contributed by atoms with Crippen molar-refractivity contribution in [2.75, 3.05) is 16.0 Å². The maximum absolute atomic E-state index is 12.1. The predicted octanol–water partition coefficient (Wildman–Crippen LogP) is 6.35. The highest BCUT2D eigenvalue weighted by Crippen LogP contribution is 2.35. The number of ether oxygens (including phenoxy) is 1. The van der Waals surface area contributed by atoms with E-state index in [1.54, 1.807) is 12.1 Å². The van der Waals surface area contributed by atoms with Crippen LogP contribution in [0.1, 0.15) is 0 Å².